The molecule has 2 amide bonds. The van der Waals surface area contributed by atoms with Crippen molar-refractivity contribution in [1.29, 1.82) is 0 Å². The lowest BCUT2D eigenvalue weighted by Crippen LogP contribution is -2.45. The standard InChI is InChI=1S/C12H17N3O4/c1-3-6(2)9(12(18)19)15-11(17)8-4-7(5-14-8)10(13)16/h4-6,9,14H,3H2,1-2H3,(H2,13,16)(H,15,17)(H,18,19)/t6-,9-/m0/s1. The SMILES string of the molecule is CC[C@H](C)[C@H](NC(=O)c1cc(C(N)=O)c[nH]1)C(=O)O. The van der Waals surface area contributed by atoms with Gasteiger partial charge in [-0.05, 0) is 12.0 Å². The molecule has 0 saturated heterocycles. The smallest absolute Gasteiger partial charge is 0.326 e. The number of primary amides is 1. The molecule has 1 aromatic heterocycles. The van der Waals surface area contributed by atoms with Crippen LogP contribution < -0.4 is 11.1 Å². The largest absolute Gasteiger partial charge is 0.480 e. The van der Waals surface area contributed by atoms with E-state index in [1.165, 1.54) is 12.3 Å². The summed E-state index contributed by atoms with van der Waals surface area (Å²) >= 11 is 0. The highest BCUT2D eigenvalue weighted by Gasteiger charge is 2.26. The van der Waals surface area contributed by atoms with E-state index in [0.29, 0.717) is 6.42 Å². The number of hydrogen-bond acceptors (Lipinski definition) is 3. The molecule has 0 aliphatic carbocycles. The number of hydrogen-bond donors (Lipinski definition) is 4. The third-order valence-electron chi connectivity index (χ3n) is 2.98. The molecule has 1 heterocycles. The van der Waals surface area contributed by atoms with Crippen LogP contribution in [0.2, 0.25) is 0 Å². The van der Waals surface area contributed by atoms with E-state index in [9.17, 15) is 14.4 Å². The molecular weight excluding hydrogens is 250 g/mol. The minimum absolute atomic E-state index is 0.100. The van der Waals surface area contributed by atoms with Crippen LogP contribution in [0.3, 0.4) is 0 Å². The first-order valence-electron chi connectivity index (χ1n) is 5.88. The molecule has 7 heteroatoms. The highest BCUT2D eigenvalue weighted by atomic mass is 16.4. The minimum Gasteiger partial charge on any atom is -0.480 e. The number of aliphatic carboxylic acids is 1. The van der Waals surface area contributed by atoms with Gasteiger partial charge < -0.3 is 21.1 Å². The Labute approximate surface area is 110 Å². The minimum atomic E-state index is -1.09. The van der Waals surface area contributed by atoms with Crippen LogP contribution >= 0.6 is 0 Å². The molecule has 1 aromatic rings. The quantitative estimate of drug-likeness (QED) is 0.593. The van der Waals surface area contributed by atoms with Gasteiger partial charge in [0.15, 0.2) is 0 Å². The van der Waals surface area contributed by atoms with Gasteiger partial charge in [0.05, 0.1) is 5.56 Å². The van der Waals surface area contributed by atoms with Crippen molar-refractivity contribution < 1.29 is 19.5 Å². The van der Waals surface area contributed by atoms with Gasteiger partial charge in [-0.1, -0.05) is 20.3 Å². The van der Waals surface area contributed by atoms with Crippen molar-refractivity contribution in [2.45, 2.75) is 26.3 Å². The second kappa shape index (κ2) is 6.03. The Bertz CT molecular complexity index is 495. The van der Waals surface area contributed by atoms with Crippen molar-refractivity contribution in [3.05, 3.63) is 23.5 Å². The molecular formula is C12H17N3O4. The van der Waals surface area contributed by atoms with Gasteiger partial charge in [0.25, 0.3) is 5.91 Å². The number of aromatic nitrogens is 1. The van der Waals surface area contributed by atoms with Gasteiger partial charge in [-0.2, -0.15) is 0 Å². The summed E-state index contributed by atoms with van der Waals surface area (Å²) < 4.78 is 0. The second-order valence-corrected chi connectivity index (χ2v) is 4.34. The van der Waals surface area contributed by atoms with Crippen LogP contribution in [0.1, 0.15) is 41.1 Å². The fraction of sp³-hybridized carbons (Fsp3) is 0.417. The Morgan fingerprint density at radius 3 is 2.53 bits per heavy atom. The monoisotopic (exact) mass is 267 g/mol. The van der Waals surface area contributed by atoms with E-state index in [2.05, 4.69) is 10.3 Å². The average Bonchev–Trinajstić information content (AvgIpc) is 2.84. The molecule has 0 unspecified atom stereocenters. The number of nitrogens with one attached hydrogen (secondary N) is 2. The number of rotatable bonds is 6. The summed E-state index contributed by atoms with van der Waals surface area (Å²) in [5, 5.41) is 11.5. The topological polar surface area (TPSA) is 125 Å². The first-order chi connectivity index (χ1) is 8.86. The molecule has 2 atom stereocenters. The lowest BCUT2D eigenvalue weighted by molar-refractivity contribution is -0.140. The molecule has 5 N–H and O–H groups in total. The normalized spacial score (nSPS) is 13.6. The van der Waals surface area contributed by atoms with Crippen molar-refractivity contribution in [3.8, 4) is 0 Å². The number of amides is 2. The number of H-pyrrole nitrogens is 1. The molecule has 0 bridgehead atoms. The number of nitrogens with two attached hydrogens (primary N) is 1. The van der Waals surface area contributed by atoms with E-state index in [0.717, 1.165) is 0 Å². The summed E-state index contributed by atoms with van der Waals surface area (Å²) in [7, 11) is 0. The number of carbonyl (C=O) groups is 3. The molecule has 0 radical (unpaired) electrons. The van der Waals surface area contributed by atoms with Crippen molar-refractivity contribution in [1.82, 2.24) is 10.3 Å². The Hall–Kier alpha value is -2.31. The van der Waals surface area contributed by atoms with Crippen molar-refractivity contribution in [2.24, 2.45) is 11.7 Å². The number of carboxylic acid groups (broad SMARTS) is 1. The van der Waals surface area contributed by atoms with E-state index >= 15 is 0 Å². The first-order valence-corrected chi connectivity index (χ1v) is 5.88. The molecule has 0 spiro atoms. The lowest BCUT2D eigenvalue weighted by Gasteiger charge is -2.19. The Kier molecular flexibility index (Phi) is 4.68. The van der Waals surface area contributed by atoms with E-state index in [-0.39, 0.29) is 17.2 Å². The van der Waals surface area contributed by atoms with Crippen LogP contribution in [-0.4, -0.2) is 33.9 Å². The maximum Gasteiger partial charge on any atom is 0.326 e. The molecule has 19 heavy (non-hydrogen) atoms. The summed E-state index contributed by atoms with van der Waals surface area (Å²) in [5.41, 5.74) is 5.33. The van der Waals surface area contributed by atoms with E-state index < -0.39 is 23.8 Å². The van der Waals surface area contributed by atoms with Gasteiger partial charge >= 0.3 is 5.97 Å². The third kappa shape index (κ3) is 3.57. The maximum atomic E-state index is 11.9. The average molecular weight is 267 g/mol. The predicted molar refractivity (Wildman–Crippen MR) is 67.7 cm³/mol. The molecule has 0 aliphatic heterocycles. The van der Waals surface area contributed by atoms with Crippen LogP contribution in [0, 0.1) is 5.92 Å². The molecule has 104 valence electrons. The fourth-order valence-electron chi connectivity index (χ4n) is 1.57. The molecule has 1 rings (SSSR count). The van der Waals surface area contributed by atoms with Gasteiger partial charge in [0, 0.05) is 6.20 Å². The molecule has 0 aromatic carbocycles. The Morgan fingerprint density at radius 2 is 2.11 bits per heavy atom. The van der Waals surface area contributed by atoms with Crippen LogP contribution in [0.5, 0.6) is 0 Å². The highest BCUT2D eigenvalue weighted by molar-refractivity contribution is 5.99. The van der Waals surface area contributed by atoms with E-state index in [4.69, 9.17) is 10.8 Å². The van der Waals surface area contributed by atoms with Gasteiger partial charge in [-0.15, -0.1) is 0 Å². The predicted octanol–water partition coefficient (Wildman–Crippen LogP) is 0.343. The van der Waals surface area contributed by atoms with Gasteiger partial charge in [-0.25, -0.2) is 4.79 Å². The maximum absolute atomic E-state index is 11.9. The fourth-order valence-corrected chi connectivity index (χ4v) is 1.57. The zero-order valence-electron chi connectivity index (χ0n) is 10.8. The van der Waals surface area contributed by atoms with Gasteiger partial charge in [0.1, 0.15) is 11.7 Å². The number of aromatic amines is 1. The molecule has 0 fully saturated rings. The van der Waals surface area contributed by atoms with Gasteiger partial charge in [0.2, 0.25) is 5.91 Å². The first kappa shape index (κ1) is 14.7. The van der Waals surface area contributed by atoms with Crippen LogP contribution in [-0.2, 0) is 4.79 Å². The summed E-state index contributed by atoms with van der Waals surface area (Å²) in [6.45, 7) is 3.58. The van der Waals surface area contributed by atoms with Crippen molar-refractivity contribution >= 4 is 17.8 Å². The Balaban J connectivity index is 2.81. The summed E-state index contributed by atoms with van der Waals surface area (Å²) in [5.74, 6) is -2.54. The van der Waals surface area contributed by atoms with Crippen molar-refractivity contribution in [2.75, 3.05) is 0 Å². The van der Waals surface area contributed by atoms with Crippen LogP contribution in [0.4, 0.5) is 0 Å². The molecule has 7 nitrogen and oxygen atoms in total. The zero-order chi connectivity index (χ0) is 14.6. The summed E-state index contributed by atoms with van der Waals surface area (Å²) in [4.78, 5) is 36.4. The van der Waals surface area contributed by atoms with Gasteiger partial charge in [-0.3, -0.25) is 9.59 Å². The number of carbonyl (C=O) groups excluding carboxylic acids is 2. The van der Waals surface area contributed by atoms with Crippen LogP contribution in [0.15, 0.2) is 12.3 Å². The second-order valence-electron chi connectivity index (χ2n) is 4.34. The van der Waals surface area contributed by atoms with Crippen LogP contribution in [0.25, 0.3) is 0 Å². The summed E-state index contributed by atoms with van der Waals surface area (Å²) in [6.07, 6.45) is 1.92. The zero-order valence-corrected chi connectivity index (χ0v) is 10.8. The van der Waals surface area contributed by atoms with E-state index in [1.807, 2.05) is 6.92 Å². The highest BCUT2D eigenvalue weighted by Crippen LogP contribution is 2.10. The van der Waals surface area contributed by atoms with Crippen molar-refractivity contribution in [3.63, 3.8) is 0 Å². The number of carboxylic acids is 1. The third-order valence-corrected chi connectivity index (χ3v) is 2.98. The summed E-state index contributed by atoms with van der Waals surface area (Å²) in [6, 6.07) is 0.311. The molecule has 0 saturated carbocycles. The lowest BCUT2D eigenvalue weighted by atomic mass is 9.99. The Morgan fingerprint density at radius 1 is 1.47 bits per heavy atom. The van der Waals surface area contributed by atoms with E-state index in [1.54, 1.807) is 6.92 Å². The molecule has 0 aliphatic rings.